The van der Waals surface area contributed by atoms with E-state index in [1.807, 2.05) is 12.1 Å². The summed E-state index contributed by atoms with van der Waals surface area (Å²) in [5.41, 5.74) is 1.72. The minimum Gasteiger partial charge on any atom is -0.465 e. The van der Waals surface area contributed by atoms with Crippen LogP contribution in [0.5, 0.6) is 0 Å². The lowest BCUT2D eigenvalue weighted by atomic mass is 10.1. The summed E-state index contributed by atoms with van der Waals surface area (Å²) in [6.07, 6.45) is 2.39. The molecule has 1 amide bonds. The number of rotatable bonds is 4. The van der Waals surface area contributed by atoms with Gasteiger partial charge in [0, 0.05) is 12.6 Å². The number of nitrogens with zero attached hydrogens (tertiary/aromatic N) is 2. The quantitative estimate of drug-likeness (QED) is 0.476. The first-order chi connectivity index (χ1) is 8.20. The molecule has 1 saturated carbocycles. The topological polar surface area (TPSA) is 73.1 Å². The third kappa shape index (κ3) is 2.96. The zero-order valence-corrected chi connectivity index (χ0v) is 9.28. The Hall–Kier alpha value is -2.04. The molecule has 1 aliphatic carbocycles. The zero-order chi connectivity index (χ0) is 12.3. The van der Waals surface area contributed by atoms with Gasteiger partial charge in [-0.3, -0.25) is 0 Å². The van der Waals surface area contributed by atoms with E-state index in [1.165, 1.54) is 11.1 Å². The number of carboxylic acid groups (broad SMARTS) is 1. The highest BCUT2D eigenvalue weighted by atomic mass is 16.4. The Morgan fingerprint density at radius 3 is 2.53 bits per heavy atom. The lowest BCUT2D eigenvalue weighted by Gasteiger charge is -2.18. The van der Waals surface area contributed by atoms with Gasteiger partial charge >= 0.3 is 6.09 Å². The molecule has 1 fully saturated rings. The average Bonchev–Trinajstić information content (AvgIpc) is 3.12. The van der Waals surface area contributed by atoms with Gasteiger partial charge in [0.25, 0.3) is 0 Å². The van der Waals surface area contributed by atoms with Crippen LogP contribution >= 0.6 is 0 Å². The smallest absolute Gasteiger partial charge is 0.407 e. The number of benzene rings is 1. The SMILES string of the molecule is O=C(O)N(Cc1ccc(C=NO)cc1)C1CC1. The molecule has 0 heterocycles. The van der Waals surface area contributed by atoms with Gasteiger partial charge in [-0.15, -0.1) is 0 Å². The summed E-state index contributed by atoms with van der Waals surface area (Å²) in [6.45, 7) is 0.413. The lowest BCUT2D eigenvalue weighted by molar-refractivity contribution is 0.139. The van der Waals surface area contributed by atoms with Crippen molar-refractivity contribution >= 4 is 12.3 Å². The van der Waals surface area contributed by atoms with Gasteiger partial charge in [-0.25, -0.2) is 4.79 Å². The number of carbonyl (C=O) groups is 1. The molecule has 0 aliphatic heterocycles. The maximum atomic E-state index is 11.0. The highest BCUT2D eigenvalue weighted by Gasteiger charge is 2.32. The fourth-order valence-corrected chi connectivity index (χ4v) is 1.71. The largest absolute Gasteiger partial charge is 0.465 e. The number of hydrogen-bond acceptors (Lipinski definition) is 3. The highest BCUT2D eigenvalue weighted by Crippen LogP contribution is 2.28. The van der Waals surface area contributed by atoms with Gasteiger partial charge in [0.15, 0.2) is 0 Å². The minimum atomic E-state index is -0.867. The van der Waals surface area contributed by atoms with Gasteiger partial charge < -0.3 is 15.2 Å². The summed E-state index contributed by atoms with van der Waals surface area (Å²) in [5, 5.41) is 20.4. The zero-order valence-electron chi connectivity index (χ0n) is 9.28. The van der Waals surface area contributed by atoms with Crippen LogP contribution in [-0.2, 0) is 6.54 Å². The molecule has 1 aromatic rings. The Balaban J connectivity index is 2.04. The maximum Gasteiger partial charge on any atom is 0.407 e. The van der Waals surface area contributed by atoms with Gasteiger partial charge in [-0.2, -0.15) is 0 Å². The first kappa shape index (κ1) is 11.4. The van der Waals surface area contributed by atoms with Crippen molar-refractivity contribution in [1.82, 2.24) is 4.90 Å². The van der Waals surface area contributed by atoms with Crippen LogP contribution in [0, 0.1) is 0 Å². The van der Waals surface area contributed by atoms with Gasteiger partial charge in [-0.05, 0) is 24.0 Å². The van der Waals surface area contributed by atoms with Crippen LogP contribution in [0.3, 0.4) is 0 Å². The van der Waals surface area contributed by atoms with Gasteiger partial charge in [0.1, 0.15) is 0 Å². The van der Waals surface area contributed by atoms with E-state index in [-0.39, 0.29) is 6.04 Å². The Labute approximate surface area is 99.0 Å². The van der Waals surface area contributed by atoms with E-state index in [9.17, 15) is 4.79 Å². The molecule has 1 aromatic carbocycles. The van der Waals surface area contributed by atoms with E-state index in [1.54, 1.807) is 12.1 Å². The van der Waals surface area contributed by atoms with E-state index in [0.717, 1.165) is 24.0 Å². The Kier molecular flexibility index (Phi) is 3.27. The van der Waals surface area contributed by atoms with E-state index >= 15 is 0 Å². The van der Waals surface area contributed by atoms with E-state index in [4.69, 9.17) is 10.3 Å². The maximum absolute atomic E-state index is 11.0. The predicted molar refractivity (Wildman–Crippen MR) is 62.4 cm³/mol. The van der Waals surface area contributed by atoms with Crippen LogP contribution < -0.4 is 0 Å². The van der Waals surface area contributed by atoms with Crippen molar-refractivity contribution in [2.75, 3.05) is 0 Å². The molecule has 0 saturated heterocycles. The molecule has 0 bridgehead atoms. The molecule has 2 rings (SSSR count). The monoisotopic (exact) mass is 234 g/mol. The first-order valence-corrected chi connectivity index (χ1v) is 5.46. The predicted octanol–water partition coefficient (Wildman–Crippen LogP) is 2.14. The van der Waals surface area contributed by atoms with Gasteiger partial charge in [0.05, 0.1) is 6.21 Å². The highest BCUT2D eigenvalue weighted by molar-refractivity contribution is 5.79. The van der Waals surface area contributed by atoms with E-state index < -0.39 is 6.09 Å². The van der Waals surface area contributed by atoms with Crippen molar-refractivity contribution in [3.63, 3.8) is 0 Å². The fraction of sp³-hybridized carbons (Fsp3) is 0.333. The third-order valence-electron chi connectivity index (χ3n) is 2.77. The second kappa shape index (κ2) is 4.86. The number of oxime groups is 1. The van der Waals surface area contributed by atoms with Crippen molar-refractivity contribution in [2.24, 2.45) is 5.16 Å². The van der Waals surface area contributed by atoms with E-state index in [0.29, 0.717) is 6.54 Å². The number of hydrogen-bond donors (Lipinski definition) is 2. The second-order valence-electron chi connectivity index (χ2n) is 4.13. The molecule has 0 radical (unpaired) electrons. The molecule has 2 N–H and O–H groups in total. The summed E-state index contributed by atoms with van der Waals surface area (Å²) >= 11 is 0. The van der Waals surface area contributed by atoms with E-state index in [2.05, 4.69) is 5.16 Å². The van der Waals surface area contributed by atoms with Crippen molar-refractivity contribution in [3.8, 4) is 0 Å². The first-order valence-electron chi connectivity index (χ1n) is 5.46. The molecule has 0 aromatic heterocycles. The van der Waals surface area contributed by atoms with Crippen LogP contribution in [0.15, 0.2) is 29.4 Å². The normalized spacial score (nSPS) is 15.1. The average molecular weight is 234 g/mol. The van der Waals surface area contributed by atoms with Crippen molar-refractivity contribution in [2.45, 2.75) is 25.4 Å². The molecule has 0 spiro atoms. The summed E-state index contributed by atoms with van der Waals surface area (Å²) in [6, 6.07) is 7.46. The molecular formula is C12H14N2O3. The molecule has 0 atom stereocenters. The molecule has 5 nitrogen and oxygen atoms in total. The van der Waals surface area contributed by atoms with Crippen LogP contribution in [0.1, 0.15) is 24.0 Å². The number of amides is 1. The van der Waals surface area contributed by atoms with Crippen LogP contribution in [0.2, 0.25) is 0 Å². The summed E-state index contributed by atoms with van der Waals surface area (Å²) < 4.78 is 0. The molecular weight excluding hydrogens is 220 g/mol. The third-order valence-corrected chi connectivity index (χ3v) is 2.77. The summed E-state index contributed by atoms with van der Waals surface area (Å²) in [5.74, 6) is 0. The summed E-state index contributed by atoms with van der Waals surface area (Å²) in [7, 11) is 0. The summed E-state index contributed by atoms with van der Waals surface area (Å²) in [4.78, 5) is 12.5. The van der Waals surface area contributed by atoms with Crippen molar-refractivity contribution in [3.05, 3.63) is 35.4 Å². The Morgan fingerprint density at radius 1 is 1.41 bits per heavy atom. The van der Waals surface area contributed by atoms with Crippen LogP contribution in [0.25, 0.3) is 0 Å². The Bertz CT molecular complexity index is 424. The van der Waals surface area contributed by atoms with Crippen LogP contribution in [-0.4, -0.2) is 33.6 Å². The Morgan fingerprint density at radius 2 is 2.06 bits per heavy atom. The fourth-order valence-electron chi connectivity index (χ4n) is 1.71. The lowest BCUT2D eigenvalue weighted by Crippen LogP contribution is -2.30. The second-order valence-corrected chi connectivity index (χ2v) is 4.13. The molecule has 5 heteroatoms. The van der Waals surface area contributed by atoms with Gasteiger partial charge in [-0.1, -0.05) is 29.4 Å². The van der Waals surface area contributed by atoms with Crippen molar-refractivity contribution in [1.29, 1.82) is 0 Å². The van der Waals surface area contributed by atoms with Crippen molar-refractivity contribution < 1.29 is 15.1 Å². The molecule has 1 aliphatic rings. The molecule has 0 unspecified atom stereocenters. The standard InChI is InChI=1S/C12H14N2O3/c15-12(16)14(11-5-6-11)8-10-3-1-9(2-4-10)7-13-17/h1-4,7,11,17H,5-6,8H2,(H,15,16). The molecule has 17 heavy (non-hydrogen) atoms. The minimum absolute atomic E-state index is 0.186. The van der Waals surface area contributed by atoms with Crippen LogP contribution in [0.4, 0.5) is 4.79 Å². The van der Waals surface area contributed by atoms with Gasteiger partial charge in [0.2, 0.25) is 0 Å². The molecule has 90 valence electrons.